The Balaban J connectivity index is 1.35. The molecule has 0 saturated carbocycles. The molecule has 150 valence electrons. The highest BCUT2D eigenvalue weighted by Crippen LogP contribution is 2.35. The topological polar surface area (TPSA) is 91.4 Å². The molecule has 5 rings (SSSR count). The number of fused-ring (bicyclic) bond motifs is 1. The van der Waals surface area contributed by atoms with E-state index in [1.54, 1.807) is 53.2 Å². The molecule has 2 aromatic heterocycles. The van der Waals surface area contributed by atoms with Gasteiger partial charge in [-0.1, -0.05) is 28.9 Å². The number of carbonyl (C=O) groups is 1. The van der Waals surface area contributed by atoms with Gasteiger partial charge >= 0.3 is 0 Å². The number of para-hydroxylation sites is 1. The molecule has 30 heavy (non-hydrogen) atoms. The van der Waals surface area contributed by atoms with Gasteiger partial charge in [0.05, 0.1) is 10.7 Å². The van der Waals surface area contributed by atoms with Gasteiger partial charge in [0.15, 0.2) is 11.5 Å². The van der Waals surface area contributed by atoms with E-state index in [0.29, 0.717) is 39.6 Å². The average Bonchev–Trinajstić information content (AvgIpc) is 3.49. The van der Waals surface area contributed by atoms with Gasteiger partial charge in [0, 0.05) is 11.8 Å². The molecule has 1 aliphatic heterocycles. The highest BCUT2D eigenvalue weighted by atomic mass is 35.5. The molecule has 1 N–H and O–H groups in total. The summed E-state index contributed by atoms with van der Waals surface area (Å²) >= 11 is 6.10. The Hall–Kier alpha value is -3.78. The minimum atomic E-state index is -0.226. The Bertz CT molecular complexity index is 1230. The number of anilines is 1. The van der Waals surface area contributed by atoms with Gasteiger partial charge in [-0.25, -0.2) is 0 Å². The van der Waals surface area contributed by atoms with Crippen LogP contribution in [0.2, 0.25) is 5.02 Å². The van der Waals surface area contributed by atoms with Gasteiger partial charge in [0.25, 0.3) is 5.89 Å². The summed E-state index contributed by atoms with van der Waals surface area (Å²) in [5, 5.41) is 7.33. The van der Waals surface area contributed by atoms with Crippen molar-refractivity contribution in [1.82, 2.24) is 14.7 Å². The number of rotatable bonds is 5. The Morgan fingerprint density at radius 2 is 1.97 bits per heavy atom. The van der Waals surface area contributed by atoms with Gasteiger partial charge in [0.1, 0.15) is 12.2 Å². The molecule has 0 atom stereocenters. The number of amides is 1. The van der Waals surface area contributed by atoms with E-state index in [-0.39, 0.29) is 19.2 Å². The first-order valence-corrected chi connectivity index (χ1v) is 9.49. The highest BCUT2D eigenvalue weighted by molar-refractivity contribution is 6.33. The fourth-order valence-electron chi connectivity index (χ4n) is 3.13. The molecule has 8 nitrogen and oxygen atoms in total. The van der Waals surface area contributed by atoms with Crippen molar-refractivity contribution in [3.05, 3.63) is 65.8 Å². The smallest absolute Gasteiger partial charge is 0.274 e. The van der Waals surface area contributed by atoms with Crippen LogP contribution in [0.25, 0.3) is 23.0 Å². The summed E-state index contributed by atoms with van der Waals surface area (Å²) in [7, 11) is 0. The number of ether oxygens (including phenoxy) is 2. The molecular weight excluding hydrogens is 408 g/mol. The molecule has 4 aromatic rings. The Morgan fingerprint density at radius 1 is 1.10 bits per heavy atom. The second kappa shape index (κ2) is 7.57. The lowest BCUT2D eigenvalue weighted by Gasteiger charge is -2.09. The molecule has 0 saturated heterocycles. The lowest BCUT2D eigenvalue weighted by molar-refractivity contribution is -0.116. The first-order valence-electron chi connectivity index (χ1n) is 9.11. The van der Waals surface area contributed by atoms with Crippen LogP contribution < -0.4 is 14.8 Å². The first-order chi connectivity index (χ1) is 14.7. The predicted octanol–water partition coefficient (Wildman–Crippen LogP) is 4.23. The van der Waals surface area contributed by atoms with E-state index in [9.17, 15) is 4.79 Å². The van der Waals surface area contributed by atoms with Crippen molar-refractivity contribution in [3.63, 3.8) is 0 Å². The Kier molecular flexibility index (Phi) is 4.61. The molecule has 0 fully saturated rings. The maximum absolute atomic E-state index is 12.5. The van der Waals surface area contributed by atoms with Gasteiger partial charge in [-0.05, 0) is 42.5 Å². The van der Waals surface area contributed by atoms with Crippen LogP contribution >= 0.6 is 11.6 Å². The number of carbonyl (C=O) groups excluding carboxylic acids is 1. The van der Waals surface area contributed by atoms with Crippen molar-refractivity contribution in [2.45, 2.75) is 6.54 Å². The Labute approximate surface area is 176 Å². The van der Waals surface area contributed by atoms with Crippen molar-refractivity contribution < 1.29 is 18.8 Å². The summed E-state index contributed by atoms with van der Waals surface area (Å²) in [4.78, 5) is 16.9. The van der Waals surface area contributed by atoms with Crippen LogP contribution in [0.3, 0.4) is 0 Å². The summed E-state index contributed by atoms with van der Waals surface area (Å²) in [6.07, 6.45) is 1.77. The monoisotopic (exact) mass is 422 g/mol. The number of nitrogens with one attached hydrogen (secondary N) is 1. The number of halogens is 1. The highest BCUT2D eigenvalue weighted by Gasteiger charge is 2.19. The minimum Gasteiger partial charge on any atom is -0.454 e. The van der Waals surface area contributed by atoms with Crippen LogP contribution in [0.15, 0.2) is 65.3 Å². The van der Waals surface area contributed by atoms with Crippen LogP contribution in [-0.2, 0) is 11.3 Å². The standard InChI is InChI=1S/C21H15ClN4O4/c22-14-4-1-2-5-15(14)23-19(27)11-26-9-3-6-16(26)21-24-20(25-30-21)13-7-8-17-18(10-13)29-12-28-17/h1-10H,11-12H2,(H,23,27). The molecule has 9 heteroatoms. The fraction of sp³-hybridized carbons (Fsp3) is 0.0952. The SMILES string of the molecule is O=C(Cn1cccc1-c1nc(-c2ccc3c(c2)OCO3)no1)Nc1ccccc1Cl. The molecule has 1 amide bonds. The molecular formula is C21H15ClN4O4. The van der Waals surface area contributed by atoms with E-state index in [4.69, 9.17) is 25.6 Å². The molecule has 0 spiro atoms. The van der Waals surface area contributed by atoms with Crippen LogP contribution in [0.1, 0.15) is 0 Å². The van der Waals surface area contributed by atoms with Crippen LogP contribution in [-0.4, -0.2) is 27.4 Å². The molecule has 0 aliphatic carbocycles. The molecule has 0 unspecified atom stereocenters. The van der Waals surface area contributed by atoms with Crippen molar-refractivity contribution in [2.75, 3.05) is 12.1 Å². The number of aromatic nitrogens is 3. The van der Waals surface area contributed by atoms with Crippen LogP contribution in [0, 0.1) is 0 Å². The maximum Gasteiger partial charge on any atom is 0.274 e. The third-order valence-corrected chi connectivity index (χ3v) is 4.90. The predicted molar refractivity (Wildman–Crippen MR) is 109 cm³/mol. The number of hydrogen-bond donors (Lipinski definition) is 1. The second-order valence-electron chi connectivity index (χ2n) is 6.54. The van der Waals surface area contributed by atoms with Crippen molar-refractivity contribution >= 4 is 23.2 Å². The zero-order valence-corrected chi connectivity index (χ0v) is 16.3. The quantitative estimate of drug-likeness (QED) is 0.517. The number of benzene rings is 2. The van der Waals surface area contributed by atoms with Crippen molar-refractivity contribution in [3.8, 4) is 34.5 Å². The summed E-state index contributed by atoms with van der Waals surface area (Å²) in [6, 6.07) is 16.1. The minimum absolute atomic E-state index is 0.0648. The van der Waals surface area contributed by atoms with E-state index >= 15 is 0 Å². The largest absolute Gasteiger partial charge is 0.454 e. The first kappa shape index (κ1) is 18.3. The summed E-state index contributed by atoms with van der Waals surface area (Å²) < 4.78 is 17.9. The zero-order valence-electron chi connectivity index (χ0n) is 15.5. The summed E-state index contributed by atoms with van der Waals surface area (Å²) in [5.41, 5.74) is 1.92. The van der Waals surface area contributed by atoms with E-state index in [0.717, 1.165) is 5.56 Å². The van der Waals surface area contributed by atoms with E-state index in [1.807, 2.05) is 12.1 Å². The lowest BCUT2D eigenvalue weighted by atomic mass is 10.2. The molecule has 0 bridgehead atoms. The van der Waals surface area contributed by atoms with E-state index in [2.05, 4.69) is 15.5 Å². The second-order valence-corrected chi connectivity index (χ2v) is 6.95. The molecule has 1 aliphatic rings. The fourth-order valence-corrected chi connectivity index (χ4v) is 3.32. The third kappa shape index (κ3) is 3.48. The van der Waals surface area contributed by atoms with Crippen molar-refractivity contribution in [2.24, 2.45) is 0 Å². The van der Waals surface area contributed by atoms with Crippen LogP contribution in [0.5, 0.6) is 11.5 Å². The van der Waals surface area contributed by atoms with E-state index in [1.165, 1.54) is 0 Å². The molecule has 2 aromatic carbocycles. The summed E-state index contributed by atoms with van der Waals surface area (Å²) in [6.45, 7) is 0.259. The Morgan fingerprint density at radius 3 is 2.87 bits per heavy atom. The maximum atomic E-state index is 12.5. The van der Waals surface area contributed by atoms with Crippen molar-refractivity contribution in [1.29, 1.82) is 0 Å². The van der Waals surface area contributed by atoms with Gasteiger partial charge in [-0.2, -0.15) is 4.98 Å². The third-order valence-electron chi connectivity index (χ3n) is 4.57. The van der Waals surface area contributed by atoms with Crippen LogP contribution in [0.4, 0.5) is 5.69 Å². The number of hydrogen-bond acceptors (Lipinski definition) is 6. The average molecular weight is 423 g/mol. The normalized spacial score (nSPS) is 12.2. The number of nitrogens with zero attached hydrogens (tertiary/aromatic N) is 3. The van der Waals surface area contributed by atoms with Gasteiger partial charge in [0.2, 0.25) is 18.5 Å². The molecule has 0 radical (unpaired) electrons. The van der Waals surface area contributed by atoms with Gasteiger partial charge in [-0.15, -0.1) is 0 Å². The zero-order chi connectivity index (χ0) is 20.5. The van der Waals surface area contributed by atoms with E-state index < -0.39 is 0 Å². The summed E-state index contributed by atoms with van der Waals surface area (Å²) in [5.74, 6) is 1.81. The molecule has 3 heterocycles. The lowest BCUT2D eigenvalue weighted by Crippen LogP contribution is -2.19. The van der Waals surface area contributed by atoms with Gasteiger partial charge < -0.3 is 23.9 Å². The van der Waals surface area contributed by atoms with Gasteiger partial charge in [-0.3, -0.25) is 4.79 Å².